The smallest absolute Gasteiger partial charge is 0.123 e. The number of nitrogens with zero attached hydrogens (tertiary/aromatic N) is 1. The van der Waals surface area contributed by atoms with Gasteiger partial charge >= 0.3 is 0 Å². The third-order valence-corrected chi connectivity index (χ3v) is 2.71. The van der Waals surface area contributed by atoms with Crippen molar-refractivity contribution < 1.29 is 0 Å². The van der Waals surface area contributed by atoms with Crippen LogP contribution in [-0.4, -0.2) is 5.17 Å². The molecule has 0 aliphatic rings. The van der Waals surface area contributed by atoms with Crippen molar-refractivity contribution in [3.8, 4) is 0 Å². The van der Waals surface area contributed by atoms with Gasteiger partial charge in [0, 0.05) is 0 Å². The first-order chi connectivity index (χ1) is 8.84. The van der Waals surface area contributed by atoms with Crippen molar-refractivity contribution in [2.45, 2.75) is 6.54 Å². The summed E-state index contributed by atoms with van der Waals surface area (Å²) in [6.45, 7) is 0.610. The third-order valence-electron chi connectivity index (χ3n) is 2.47. The van der Waals surface area contributed by atoms with Crippen LogP contribution in [0.4, 0.5) is 0 Å². The molecule has 2 aromatic rings. The van der Waals surface area contributed by atoms with Crippen molar-refractivity contribution in [3.05, 3.63) is 77.9 Å². The molecule has 0 heterocycles. The van der Waals surface area contributed by atoms with Crippen LogP contribution in [0.1, 0.15) is 11.1 Å². The van der Waals surface area contributed by atoms with Crippen LogP contribution >= 0.6 is 11.6 Å². The Labute approximate surface area is 112 Å². The molecule has 0 aliphatic heterocycles. The maximum Gasteiger partial charge on any atom is 0.123 e. The summed E-state index contributed by atoms with van der Waals surface area (Å²) < 4.78 is 0. The molecule has 0 spiro atoms. The zero-order valence-electron chi connectivity index (χ0n) is 9.96. The summed E-state index contributed by atoms with van der Waals surface area (Å²) in [5.41, 5.74) is 2.27. The SMILES string of the molecule is ClC(C=Cc1ccccc1)=NCc1ccccc1. The zero-order valence-corrected chi connectivity index (χ0v) is 10.7. The van der Waals surface area contributed by atoms with Crippen molar-refractivity contribution in [1.29, 1.82) is 0 Å². The predicted octanol–water partition coefficient (Wildman–Crippen LogP) is 4.54. The van der Waals surface area contributed by atoms with E-state index in [0.29, 0.717) is 11.7 Å². The van der Waals surface area contributed by atoms with E-state index in [1.54, 1.807) is 0 Å². The molecule has 2 heteroatoms. The minimum absolute atomic E-state index is 0.516. The number of benzene rings is 2. The highest BCUT2D eigenvalue weighted by atomic mass is 35.5. The average molecular weight is 256 g/mol. The van der Waals surface area contributed by atoms with Gasteiger partial charge in [0.15, 0.2) is 0 Å². The highest BCUT2D eigenvalue weighted by Crippen LogP contribution is 2.05. The molecule has 1 nitrogen and oxygen atoms in total. The van der Waals surface area contributed by atoms with E-state index in [9.17, 15) is 0 Å². The van der Waals surface area contributed by atoms with Crippen LogP contribution < -0.4 is 0 Å². The molecule has 0 aromatic heterocycles. The van der Waals surface area contributed by atoms with Crippen molar-refractivity contribution >= 4 is 22.8 Å². The minimum atomic E-state index is 0.516. The molecule has 0 bridgehead atoms. The molecular formula is C16H14ClN. The molecule has 18 heavy (non-hydrogen) atoms. The van der Waals surface area contributed by atoms with Crippen LogP contribution in [0.2, 0.25) is 0 Å². The maximum absolute atomic E-state index is 6.04. The molecule has 0 atom stereocenters. The fourth-order valence-electron chi connectivity index (χ4n) is 1.53. The summed E-state index contributed by atoms with van der Waals surface area (Å²) in [6.07, 6.45) is 3.77. The molecule has 0 saturated heterocycles. The standard InChI is InChI=1S/C16H14ClN/c17-16(12-11-14-7-3-1-4-8-14)18-13-15-9-5-2-6-10-15/h1-12H,13H2. The van der Waals surface area contributed by atoms with Crippen molar-refractivity contribution in [3.63, 3.8) is 0 Å². The lowest BCUT2D eigenvalue weighted by atomic mass is 10.2. The van der Waals surface area contributed by atoms with E-state index in [0.717, 1.165) is 11.1 Å². The summed E-state index contributed by atoms with van der Waals surface area (Å²) in [5, 5.41) is 0.516. The van der Waals surface area contributed by atoms with Gasteiger partial charge in [0.1, 0.15) is 5.17 Å². The molecule has 0 fully saturated rings. The van der Waals surface area contributed by atoms with E-state index in [1.165, 1.54) is 0 Å². The van der Waals surface area contributed by atoms with Crippen LogP contribution in [0, 0.1) is 0 Å². The van der Waals surface area contributed by atoms with Crippen molar-refractivity contribution in [2.75, 3.05) is 0 Å². The summed E-state index contributed by atoms with van der Waals surface area (Å²) >= 11 is 6.04. The molecule has 0 amide bonds. The highest BCUT2D eigenvalue weighted by Gasteiger charge is 1.91. The second kappa shape index (κ2) is 6.77. The molecule has 90 valence electrons. The number of aliphatic imine (C=N–C) groups is 1. The number of allylic oxidation sites excluding steroid dienone is 1. The topological polar surface area (TPSA) is 12.4 Å². The molecule has 0 unspecified atom stereocenters. The Bertz CT molecular complexity index is 530. The normalized spacial score (nSPS) is 11.9. The minimum Gasteiger partial charge on any atom is -0.268 e. The van der Waals surface area contributed by atoms with Gasteiger partial charge in [0.05, 0.1) is 6.54 Å². The fourth-order valence-corrected chi connectivity index (χ4v) is 1.65. The Hall–Kier alpha value is -1.86. The van der Waals surface area contributed by atoms with E-state index < -0.39 is 0 Å². The van der Waals surface area contributed by atoms with E-state index in [2.05, 4.69) is 4.99 Å². The summed E-state index contributed by atoms with van der Waals surface area (Å²) in [4.78, 5) is 4.30. The summed E-state index contributed by atoms with van der Waals surface area (Å²) in [5.74, 6) is 0. The molecule has 2 aromatic carbocycles. The molecule has 0 saturated carbocycles. The second-order valence-corrected chi connectivity index (χ2v) is 4.26. The van der Waals surface area contributed by atoms with E-state index in [1.807, 2.05) is 72.8 Å². The van der Waals surface area contributed by atoms with E-state index >= 15 is 0 Å². The Morgan fingerprint density at radius 3 is 2.22 bits per heavy atom. The van der Waals surface area contributed by atoms with Crippen molar-refractivity contribution in [2.24, 2.45) is 4.99 Å². The quantitative estimate of drug-likeness (QED) is 0.712. The lowest BCUT2D eigenvalue weighted by Gasteiger charge is -1.95. The summed E-state index contributed by atoms with van der Waals surface area (Å²) in [6, 6.07) is 20.1. The van der Waals surface area contributed by atoms with Gasteiger partial charge < -0.3 is 0 Å². The zero-order chi connectivity index (χ0) is 12.6. The van der Waals surface area contributed by atoms with Crippen LogP contribution in [-0.2, 0) is 6.54 Å². The van der Waals surface area contributed by atoms with Crippen LogP contribution in [0.3, 0.4) is 0 Å². The largest absolute Gasteiger partial charge is 0.268 e. The van der Waals surface area contributed by atoms with Gasteiger partial charge in [-0.1, -0.05) is 78.3 Å². The first-order valence-electron chi connectivity index (χ1n) is 5.81. The lowest BCUT2D eigenvalue weighted by molar-refractivity contribution is 1.08. The Balaban J connectivity index is 1.96. The number of hydrogen-bond acceptors (Lipinski definition) is 1. The Kier molecular flexibility index (Phi) is 4.74. The van der Waals surface area contributed by atoms with Gasteiger partial charge in [-0.25, -0.2) is 0 Å². The van der Waals surface area contributed by atoms with Crippen LogP contribution in [0.5, 0.6) is 0 Å². The van der Waals surface area contributed by atoms with Gasteiger partial charge in [-0.15, -0.1) is 0 Å². The predicted molar refractivity (Wildman–Crippen MR) is 78.9 cm³/mol. The Morgan fingerprint density at radius 2 is 1.56 bits per heavy atom. The van der Waals surface area contributed by atoms with Crippen LogP contribution in [0.25, 0.3) is 6.08 Å². The van der Waals surface area contributed by atoms with E-state index in [4.69, 9.17) is 11.6 Å². The number of rotatable bonds is 4. The van der Waals surface area contributed by atoms with Crippen LogP contribution in [0.15, 0.2) is 71.7 Å². The number of hydrogen-bond donors (Lipinski definition) is 0. The molecule has 0 N–H and O–H groups in total. The maximum atomic E-state index is 6.04. The van der Waals surface area contributed by atoms with Gasteiger partial charge in [0.25, 0.3) is 0 Å². The highest BCUT2D eigenvalue weighted by molar-refractivity contribution is 6.68. The van der Waals surface area contributed by atoms with Gasteiger partial charge in [0.2, 0.25) is 0 Å². The average Bonchev–Trinajstić information content (AvgIpc) is 2.45. The lowest BCUT2D eigenvalue weighted by Crippen LogP contribution is -1.85. The van der Waals surface area contributed by atoms with E-state index in [-0.39, 0.29) is 0 Å². The molecule has 0 radical (unpaired) electrons. The monoisotopic (exact) mass is 255 g/mol. The van der Waals surface area contributed by atoms with Gasteiger partial charge in [-0.2, -0.15) is 0 Å². The molecule has 0 aliphatic carbocycles. The van der Waals surface area contributed by atoms with Crippen molar-refractivity contribution in [1.82, 2.24) is 0 Å². The Morgan fingerprint density at radius 1 is 0.944 bits per heavy atom. The first kappa shape index (κ1) is 12.6. The van der Waals surface area contributed by atoms with Gasteiger partial charge in [-0.05, 0) is 17.2 Å². The number of halogens is 1. The fraction of sp³-hybridized carbons (Fsp3) is 0.0625. The first-order valence-corrected chi connectivity index (χ1v) is 6.19. The molecular weight excluding hydrogens is 242 g/mol. The molecule has 2 rings (SSSR count). The third kappa shape index (κ3) is 4.19. The summed E-state index contributed by atoms with van der Waals surface area (Å²) in [7, 11) is 0. The second-order valence-electron chi connectivity index (χ2n) is 3.87. The van der Waals surface area contributed by atoms with Gasteiger partial charge in [-0.3, -0.25) is 4.99 Å².